The summed E-state index contributed by atoms with van der Waals surface area (Å²) < 4.78 is 25.4. The zero-order chi connectivity index (χ0) is 15.2. The third-order valence-corrected chi connectivity index (χ3v) is 6.43. The van der Waals surface area contributed by atoms with Crippen molar-refractivity contribution in [1.82, 2.24) is 0 Å². The van der Waals surface area contributed by atoms with Gasteiger partial charge >= 0.3 is 0 Å². The highest BCUT2D eigenvalue weighted by Crippen LogP contribution is 2.47. The van der Waals surface area contributed by atoms with Crippen molar-refractivity contribution >= 4 is 9.84 Å². The van der Waals surface area contributed by atoms with Gasteiger partial charge in [-0.05, 0) is 31.5 Å². The van der Waals surface area contributed by atoms with Gasteiger partial charge in [-0.3, -0.25) is 0 Å². The van der Waals surface area contributed by atoms with E-state index in [1.165, 1.54) is 0 Å². The molecule has 0 heterocycles. The van der Waals surface area contributed by atoms with E-state index in [0.717, 1.165) is 16.7 Å². The number of benzene rings is 2. The van der Waals surface area contributed by atoms with Crippen LogP contribution in [-0.4, -0.2) is 19.7 Å². The van der Waals surface area contributed by atoms with E-state index < -0.39 is 15.1 Å². The highest BCUT2D eigenvalue weighted by Gasteiger charge is 2.56. The molecule has 4 heteroatoms. The van der Waals surface area contributed by atoms with Crippen LogP contribution >= 0.6 is 0 Å². The van der Waals surface area contributed by atoms with E-state index in [1.54, 1.807) is 12.1 Å². The van der Waals surface area contributed by atoms with E-state index in [0.29, 0.717) is 4.90 Å². The van der Waals surface area contributed by atoms with Crippen LogP contribution in [0.2, 0.25) is 0 Å². The first kappa shape index (κ1) is 14.3. The molecule has 3 rings (SSSR count). The summed E-state index contributed by atoms with van der Waals surface area (Å²) in [5, 5.41) is -0.511. The fourth-order valence-corrected chi connectivity index (χ4v) is 4.84. The van der Waals surface area contributed by atoms with Crippen LogP contribution in [0.3, 0.4) is 0 Å². The molecule has 1 saturated carbocycles. The molecule has 1 aliphatic rings. The lowest BCUT2D eigenvalue weighted by Crippen LogP contribution is -2.15. The molecular weight excluding hydrogens is 282 g/mol. The molecule has 2 aromatic rings. The van der Waals surface area contributed by atoms with E-state index in [2.05, 4.69) is 0 Å². The zero-order valence-electron chi connectivity index (χ0n) is 12.2. The van der Waals surface area contributed by atoms with Crippen LogP contribution in [-0.2, 0) is 9.84 Å². The quantitative estimate of drug-likeness (QED) is 0.948. The molecule has 0 amide bonds. The fraction of sp³-hybridized carbons (Fsp3) is 0.294. The molecule has 2 aromatic carbocycles. The first-order valence-corrected chi connectivity index (χ1v) is 8.58. The van der Waals surface area contributed by atoms with Gasteiger partial charge in [0.15, 0.2) is 9.84 Å². The molecule has 3 nitrogen and oxygen atoms in total. The molecule has 3 atom stereocenters. The average molecular weight is 301 g/mol. The van der Waals surface area contributed by atoms with Gasteiger partial charge in [-0.15, -0.1) is 0 Å². The lowest BCUT2D eigenvalue weighted by molar-refractivity contribution is 0.593. The summed E-state index contributed by atoms with van der Waals surface area (Å²) in [6.07, 6.45) is 0. The van der Waals surface area contributed by atoms with Gasteiger partial charge < -0.3 is 5.73 Å². The number of aryl methyl sites for hydroxylation is 2. The Labute approximate surface area is 125 Å². The second-order valence-electron chi connectivity index (χ2n) is 5.84. The van der Waals surface area contributed by atoms with E-state index in [9.17, 15) is 8.42 Å². The fourth-order valence-electron chi connectivity index (χ4n) is 2.79. The maximum atomic E-state index is 12.7. The summed E-state index contributed by atoms with van der Waals surface area (Å²) in [5.41, 5.74) is 9.27. The van der Waals surface area contributed by atoms with E-state index >= 15 is 0 Å². The molecule has 2 N–H and O–H groups in total. The van der Waals surface area contributed by atoms with Gasteiger partial charge in [0.2, 0.25) is 0 Å². The van der Waals surface area contributed by atoms with Crippen molar-refractivity contribution in [2.45, 2.75) is 36.0 Å². The van der Waals surface area contributed by atoms with Crippen molar-refractivity contribution in [2.75, 3.05) is 0 Å². The Kier molecular flexibility index (Phi) is 3.38. The van der Waals surface area contributed by atoms with E-state index in [-0.39, 0.29) is 12.0 Å². The maximum Gasteiger partial charge on any atom is 0.183 e. The molecule has 1 fully saturated rings. The van der Waals surface area contributed by atoms with Crippen molar-refractivity contribution in [3.63, 3.8) is 0 Å². The van der Waals surface area contributed by atoms with Crippen LogP contribution in [0.1, 0.15) is 22.6 Å². The molecule has 1 aliphatic carbocycles. The van der Waals surface area contributed by atoms with Gasteiger partial charge in [-0.2, -0.15) is 0 Å². The number of hydrogen-bond donors (Lipinski definition) is 1. The second-order valence-corrected chi connectivity index (χ2v) is 7.94. The number of sulfone groups is 1. The Balaban J connectivity index is 1.91. The number of rotatable bonds is 3. The topological polar surface area (TPSA) is 60.2 Å². The zero-order valence-corrected chi connectivity index (χ0v) is 13.0. The molecule has 110 valence electrons. The summed E-state index contributed by atoms with van der Waals surface area (Å²) >= 11 is 0. The first-order valence-electron chi connectivity index (χ1n) is 7.04. The molecular formula is C17H19NO2S. The van der Waals surface area contributed by atoms with Crippen LogP contribution < -0.4 is 5.73 Å². The van der Waals surface area contributed by atoms with Crippen molar-refractivity contribution in [3.05, 3.63) is 65.2 Å². The van der Waals surface area contributed by atoms with Gasteiger partial charge in [0.05, 0.1) is 10.1 Å². The molecule has 0 unspecified atom stereocenters. The van der Waals surface area contributed by atoms with Crippen LogP contribution in [0.5, 0.6) is 0 Å². The summed E-state index contributed by atoms with van der Waals surface area (Å²) in [5.74, 6) is -0.100. The monoisotopic (exact) mass is 301 g/mol. The first-order chi connectivity index (χ1) is 9.91. The summed E-state index contributed by atoms with van der Waals surface area (Å²) in [6, 6.07) is 14.6. The van der Waals surface area contributed by atoms with Gasteiger partial charge in [0.1, 0.15) is 0 Å². The largest absolute Gasteiger partial charge is 0.326 e. The molecule has 0 saturated heterocycles. The molecule has 0 bridgehead atoms. The minimum Gasteiger partial charge on any atom is -0.326 e. The van der Waals surface area contributed by atoms with Gasteiger partial charge in [-0.25, -0.2) is 8.42 Å². The summed E-state index contributed by atoms with van der Waals surface area (Å²) in [7, 11) is -3.36. The van der Waals surface area contributed by atoms with E-state index in [4.69, 9.17) is 5.73 Å². The second kappa shape index (κ2) is 4.97. The predicted molar refractivity (Wildman–Crippen MR) is 84.0 cm³/mol. The summed E-state index contributed by atoms with van der Waals surface area (Å²) in [4.78, 5) is 0.364. The van der Waals surface area contributed by atoms with Crippen molar-refractivity contribution < 1.29 is 8.42 Å². The Morgan fingerprint density at radius 3 is 1.86 bits per heavy atom. The number of nitrogens with two attached hydrogens (primary N) is 1. The lowest BCUT2D eigenvalue weighted by Gasteiger charge is -2.05. The Morgan fingerprint density at radius 2 is 1.33 bits per heavy atom. The van der Waals surface area contributed by atoms with Crippen LogP contribution in [0.15, 0.2) is 53.4 Å². The highest BCUT2D eigenvalue weighted by atomic mass is 32.2. The molecule has 0 spiro atoms. The SMILES string of the molecule is Cc1ccc([C@H]2[C@H](N)[C@@H]2S(=O)(=O)c2ccc(C)cc2)cc1. The molecule has 0 radical (unpaired) electrons. The lowest BCUT2D eigenvalue weighted by atomic mass is 10.1. The Hall–Kier alpha value is -1.65. The maximum absolute atomic E-state index is 12.7. The molecule has 0 aromatic heterocycles. The third-order valence-electron chi connectivity index (χ3n) is 4.18. The minimum absolute atomic E-state index is 0.100. The normalized spacial score (nSPS) is 24.8. The Bertz CT molecular complexity index is 748. The summed E-state index contributed by atoms with van der Waals surface area (Å²) in [6.45, 7) is 3.95. The highest BCUT2D eigenvalue weighted by molar-refractivity contribution is 7.92. The third kappa shape index (κ3) is 2.49. The molecule has 21 heavy (non-hydrogen) atoms. The van der Waals surface area contributed by atoms with Crippen LogP contribution in [0.25, 0.3) is 0 Å². The van der Waals surface area contributed by atoms with Crippen molar-refractivity contribution in [3.8, 4) is 0 Å². The van der Waals surface area contributed by atoms with Crippen molar-refractivity contribution in [2.24, 2.45) is 5.73 Å². The van der Waals surface area contributed by atoms with Gasteiger partial charge in [-0.1, -0.05) is 47.5 Å². The molecule has 0 aliphatic heterocycles. The van der Waals surface area contributed by atoms with Gasteiger partial charge in [0, 0.05) is 12.0 Å². The average Bonchev–Trinajstić information content (AvgIpc) is 3.12. The standard InChI is InChI=1S/C17H19NO2S/c1-11-3-7-13(8-4-11)15-16(18)17(15)21(19,20)14-9-5-12(2)6-10-14/h3-10,15-17H,18H2,1-2H3/t15-,16-,17+/m0/s1. The Morgan fingerprint density at radius 1 is 0.857 bits per heavy atom. The van der Waals surface area contributed by atoms with Crippen molar-refractivity contribution in [1.29, 1.82) is 0 Å². The minimum atomic E-state index is -3.36. The van der Waals surface area contributed by atoms with Crippen LogP contribution in [0.4, 0.5) is 0 Å². The number of hydrogen-bond acceptors (Lipinski definition) is 3. The van der Waals surface area contributed by atoms with Crippen LogP contribution in [0, 0.1) is 13.8 Å². The smallest absolute Gasteiger partial charge is 0.183 e. The predicted octanol–water partition coefficient (Wildman–Crippen LogP) is 2.57. The van der Waals surface area contributed by atoms with Gasteiger partial charge in [0.25, 0.3) is 0 Å². The van der Waals surface area contributed by atoms with E-state index in [1.807, 2.05) is 50.2 Å².